The smallest absolute Gasteiger partial charge is 0.341 e. The molecule has 0 fully saturated rings. The SMILES string of the molecule is CC(C)(C)OC(=O)c1cccc2n[nH]nc12. The third kappa shape index (κ3) is 2.03. The number of aromatic nitrogens is 3. The highest BCUT2D eigenvalue weighted by molar-refractivity contribution is 6.01. The van der Waals surface area contributed by atoms with Crippen LogP contribution in [-0.4, -0.2) is 27.0 Å². The number of H-pyrrole nitrogens is 1. The quantitative estimate of drug-likeness (QED) is 0.744. The van der Waals surface area contributed by atoms with Crippen LogP contribution in [0, 0.1) is 0 Å². The summed E-state index contributed by atoms with van der Waals surface area (Å²) in [6.07, 6.45) is 0. The van der Waals surface area contributed by atoms with E-state index in [2.05, 4.69) is 15.4 Å². The molecule has 16 heavy (non-hydrogen) atoms. The molecule has 84 valence electrons. The Labute approximate surface area is 92.8 Å². The Hall–Kier alpha value is -1.91. The lowest BCUT2D eigenvalue weighted by atomic mass is 10.1. The van der Waals surface area contributed by atoms with Gasteiger partial charge in [0.05, 0.1) is 5.56 Å². The zero-order valence-corrected chi connectivity index (χ0v) is 9.44. The first kappa shape index (κ1) is 10.6. The molecule has 5 nitrogen and oxygen atoms in total. The van der Waals surface area contributed by atoms with Crippen LogP contribution in [0.3, 0.4) is 0 Å². The molecule has 5 heteroatoms. The summed E-state index contributed by atoms with van der Waals surface area (Å²) in [5.41, 5.74) is 1.12. The van der Waals surface area contributed by atoms with Crippen LogP contribution in [0.4, 0.5) is 0 Å². The molecular weight excluding hydrogens is 206 g/mol. The highest BCUT2D eigenvalue weighted by atomic mass is 16.6. The monoisotopic (exact) mass is 219 g/mol. The maximum atomic E-state index is 11.9. The van der Waals surface area contributed by atoms with Gasteiger partial charge in [0, 0.05) is 0 Å². The third-order valence-corrected chi connectivity index (χ3v) is 1.97. The van der Waals surface area contributed by atoms with Crippen molar-refractivity contribution in [1.82, 2.24) is 15.4 Å². The maximum absolute atomic E-state index is 11.9. The lowest BCUT2D eigenvalue weighted by Gasteiger charge is -2.19. The Balaban J connectivity index is 2.40. The van der Waals surface area contributed by atoms with Gasteiger partial charge in [-0.2, -0.15) is 15.4 Å². The minimum Gasteiger partial charge on any atom is -0.456 e. The average Bonchev–Trinajstić information content (AvgIpc) is 2.61. The Morgan fingerprint density at radius 2 is 2.06 bits per heavy atom. The van der Waals surface area contributed by atoms with E-state index in [1.165, 1.54) is 0 Å². The molecule has 1 heterocycles. The molecule has 0 amide bonds. The van der Waals surface area contributed by atoms with Gasteiger partial charge in [0.25, 0.3) is 0 Å². The van der Waals surface area contributed by atoms with Gasteiger partial charge in [-0.25, -0.2) is 4.79 Å². The van der Waals surface area contributed by atoms with Crippen LogP contribution in [0.25, 0.3) is 11.0 Å². The normalized spacial score (nSPS) is 11.7. The summed E-state index contributed by atoms with van der Waals surface area (Å²) in [7, 11) is 0. The molecule has 1 N–H and O–H groups in total. The second-order valence-corrected chi connectivity index (χ2v) is 4.50. The summed E-state index contributed by atoms with van der Waals surface area (Å²) in [6, 6.07) is 5.22. The van der Waals surface area contributed by atoms with Crippen LogP contribution in [-0.2, 0) is 4.74 Å². The minimum atomic E-state index is -0.511. The largest absolute Gasteiger partial charge is 0.456 e. The number of nitrogens with one attached hydrogen (secondary N) is 1. The van der Waals surface area contributed by atoms with Gasteiger partial charge < -0.3 is 4.74 Å². The van der Waals surface area contributed by atoms with Crippen molar-refractivity contribution in [2.24, 2.45) is 0 Å². The van der Waals surface area contributed by atoms with Gasteiger partial charge >= 0.3 is 5.97 Å². The van der Waals surface area contributed by atoms with E-state index in [0.29, 0.717) is 16.6 Å². The van der Waals surface area contributed by atoms with Gasteiger partial charge in [0.2, 0.25) is 0 Å². The van der Waals surface area contributed by atoms with Gasteiger partial charge in [-0.3, -0.25) is 0 Å². The number of para-hydroxylation sites is 1. The molecule has 2 aromatic rings. The highest BCUT2D eigenvalue weighted by Gasteiger charge is 2.20. The average molecular weight is 219 g/mol. The summed E-state index contributed by atoms with van der Waals surface area (Å²) in [4.78, 5) is 11.9. The topological polar surface area (TPSA) is 67.9 Å². The molecule has 0 spiro atoms. The molecule has 0 aliphatic carbocycles. The van der Waals surface area contributed by atoms with Crippen LogP contribution < -0.4 is 0 Å². The Bertz CT molecular complexity index is 525. The number of esters is 1. The van der Waals surface area contributed by atoms with E-state index in [4.69, 9.17) is 4.74 Å². The van der Waals surface area contributed by atoms with Crippen LogP contribution in [0.5, 0.6) is 0 Å². The number of rotatable bonds is 1. The van der Waals surface area contributed by atoms with E-state index in [9.17, 15) is 4.79 Å². The Morgan fingerprint density at radius 3 is 2.75 bits per heavy atom. The molecule has 0 saturated heterocycles. The second-order valence-electron chi connectivity index (χ2n) is 4.50. The first-order chi connectivity index (χ1) is 7.47. The first-order valence-electron chi connectivity index (χ1n) is 5.00. The number of fused-ring (bicyclic) bond motifs is 1. The van der Waals surface area contributed by atoms with Crippen molar-refractivity contribution in [3.05, 3.63) is 23.8 Å². The summed E-state index contributed by atoms with van der Waals surface area (Å²) in [6.45, 7) is 5.48. The molecule has 0 atom stereocenters. The lowest BCUT2D eigenvalue weighted by molar-refractivity contribution is 0.00716. The zero-order chi connectivity index (χ0) is 11.8. The highest BCUT2D eigenvalue weighted by Crippen LogP contribution is 2.17. The molecule has 0 saturated carbocycles. The van der Waals surface area contributed by atoms with Gasteiger partial charge in [0.15, 0.2) is 0 Å². The van der Waals surface area contributed by atoms with Crippen LogP contribution in [0.15, 0.2) is 18.2 Å². The minimum absolute atomic E-state index is 0.382. The molecule has 0 unspecified atom stereocenters. The third-order valence-electron chi connectivity index (χ3n) is 1.97. The van der Waals surface area contributed by atoms with Crippen molar-refractivity contribution in [3.63, 3.8) is 0 Å². The number of nitrogens with zero attached hydrogens (tertiary/aromatic N) is 2. The second kappa shape index (κ2) is 3.59. The standard InChI is InChI=1S/C11H13N3O2/c1-11(2,3)16-10(15)7-5-4-6-8-9(7)13-14-12-8/h4-6H,1-3H3,(H,12,13,14). The van der Waals surface area contributed by atoms with Gasteiger partial charge in [-0.15, -0.1) is 0 Å². The van der Waals surface area contributed by atoms with E-state index in [-0.39, 0.29) is 5.97 Å². The Kier molecular flexibility index (Phi) is 2.38. The number of aromatic amines is 1. The number of hydrogen-bond acceptors (Lipinski definition) is 4. The van der Waals surface area contributed by atoms with Crippen molar-refractivity contribution in [2.75, 3.05) is 0 Å². The molecule has 2 rings (SSSR count). The molecule has 1 aromatic heterocycles. The van der Waals surface area contributed by atoms with Gasteiger partial charge in [0.1, 0.15) is 16.6 Å². The summed E-state index contributed by atoms with van der Waals surface area (Å²) in [5, 5.41) is 10.3. The van der Waals surface area contributed by atoms with Crippen LogP contribution >= 0.6 is 0 Å². The van der Waals surface area contributed by atoms with E-state index in [0.717, 1.165) is 0 Å². The summed E-state index contributed by atoms with van der Waals surface area (Å²) in [5.74, 6) is -0.382. The molecule has 0 aliphatic heterocycles. The van der Waals surface area contributed by atoms with E-state index < -0.39 is 5.60 Å². The predicted octanol–water partition coefficient (Wildman–Crippen LogP) is 1.91. The first-order valence-corrected chi connectivity index (χ1v) is 5.00. The van der Waals surface area contributed by atoms with Crippen molar-refractivity contribution in [2.45, 2.75) is 26.4 Å². The summed E-state index contributed by atoms with van der Waals surface area (Å²) >= 11 is 0. The van der Waals surface area contributed by atoms with E-state index in [1.54, 1.807) is 18.2 Å². The van der Waals surface area contributed by atoms with Gasteiger partial charge in [-0.1, -0.05) is 6.07 Å². The molecular formula is C11H13N3O2. The van der Waals surface area contributed by atoms with Crippen molar-refractivity contribution in [1.29, 1.82) is 0 Å². The van der Waals surface area contributed by atoms with Crippen LogP contribution in [0.1, 0.15) is 31.1 Å². The van der Waals surface area contributed by atoms with Gasteiger partial charge in [-0.05, 0) is 32.9 Å². The fourth-order valence-electron chi connectivity index (χ4n) is 1.37. The predicted molar refractivity (Wildman–Crippen MR) is 59.1 cm³/mol. The van der Waals surface area contributed by atoms with Crippen LogP contribution in [0.2, 0.25) is 0 Å². The van der Waals surface area contributed by atoms with Crippen molar-refractivity contribution >= 4 is 17.0 Å². The number of carbonyl (C=O) groups excluding carboxylic acids is 1. The fourth-order valence-corrected chi connectivity index (χ4v) is 1.37. The number of hydrogen-bond donors (Lipinski definition) is 1. The zero-order valence-electron chi connectivity index (χ0n) is 9.44. The maximum Gasteiger partial charge on any atom is 0.341 e. The Morgan fingerprint density at radius 1 is 1.31 bits per heavy atom. The van der Waals surface area contributed by atoms with E-state index in [1.807, 2.05) is 20.8 Å². The van der Waals surface area contributed by atoms with Crippen molar-refractivity contribution < 1.29 is 9.53 Å². The molecule has 0 bridgehead atoms. The lowest BCUT2D eigenvalue weighted by Crippen LogP contribution is -2.24. The molecule has 0 radical (unpaired) electrons. The number of carbonyl (C=O) groups is 1. The molecule has 0 aliphatic rings. The fraction of sp³-hybridized carbons (Fsp3) is 0.364. The number of benzene rings is 1. The van der Waals surface area contributed by atoms with E-state index >= 15 is 0 Å². The molecule has 1 aromatic carbocycles. The number of ether oxygens (including phenoxy) is 1. The summed E-state index contributed by atoms with van der Waals surface area (Å²) < 4.78 is 5.28. The van der Waals surface area contributed by atoms with Crippen molar-refractivity contribution in [3.8, 4) is 0 Å².